The van der Waals surface area contributed by atoms with Crippen LogP contribution in [0.25, 0.3) is 0 Å². The molecule has 0 heterocycles. The van der Waals surface area contributed by atoms with Crippen LogP contribution in [0, 0.1) is 11.3 Å². The highest BCUT2D eigenvalue weighted by molar-refractivity contribution is 5.66. The van der Waals surface area contributed by atoms with E-state index in [2.05, 4.69) is 0 Å². The van der Waals surface area contributed by atoms with Crippen LogP contribution in [0.5, 0.6) is 0 Å². The minimum Gasteiger partial charge on any atom is -0.481 e. The van der Waals surface area contributed by atoms with Gasteiger partial charge in [0.1, 0.15) is 0 Å². The molecule has 5 N–H and O–H groups in total. The average molecular weight is 238 g/mol. The van der Waals surface area contributed by atoms with Gasteiger partial charge in [0, 0.05) is 6.42 Å². The molecule has 16 heavy (non-hydrogen) atoms. The van der Waals surface area contributed by atoms with Gasteiger partial charge in [-0.1, -0.05) is 13.8 Å². The van der Waals surface area contributed by atoms with Crippen LogP contribution in [0.1, 0.15) is 20.3 Å². The molecule has 0 aliphatic heterocycles. The molecule has 98 valence electrons. The van der Waals surface area contributed by atoms with Crippen molar-refractivity contribution in [2.75, 3.05) is 26.4 Å². The van der Waals surface area contributed by atoms with E-state index in [0.717, 1.165) is 0 Å². The zero-order chi connectivity index (χ0) is 13.2. The first kappa shape index (κ1) is 17.7. The van der Waals surface area contributed by atoms with E-state index < -0.39 is 37.8 Å². The van der Waals surface area contributed by atoms with Crippen LogP contribution in [0.3, 0.4) is 0 Å². The monoisotopic (exact) mass is 238 g/mol. The molecule has 0 unspecified atom stereocenters. The Bertz CT molecular complexity index is 159. The third kappa shape index (κ3) is 8.60. The minimum absolute atomic E-state index is 0.275. The lowest BCUT2D eigenvalue weighted by atomic mass is 9.93. The number of aliphatic hydroxyl groups excluding tert-OH is 4. The molecule has 0 aliphatic rings. The Labute approximate surface area is 95.2 Å². The van der Waals surface area contributed by atoms with Crippen LogP contribution in [-0.2, 0) is 4.79 Å². The molecule has 0 rings (SSSR count). The Hall–Kier alpha value is -0.690. The number of aliphatic hydroxyl groups is 4. The Morgan fingerprint density at radius 1 is 1.00 bits per heavy atom. The van der Waals surface area contributed by atoms with E-state index in [1.165, 1.54) is 0 Å². The smallest absolute Gasteiger partial charge is 0.303 e. The SMILES string of the molecule is CC(C)CC(=O)O.OCC(CO)(CO)CO. The van der Waals surface area contributed by atoms with E-state index in [1.807, 2.05) is 13.8 Å². The molecule has 0 aromatic rings. The normalized spacial score (nSPS) is 10.9. The Kier molecular flexibility index (Phi) is 10.5. The third-order valence-electron chi connectivity index (χ3n) is 1.92. The van der Waals surface area contributed by atoms with E-state index in [1.54, 1.807) is 0 Å². The second-order valence-electron chi connectivity index (χ2n) is 4.12. The van der Waals surface area contributed by atoms with Gasteiger partial charge in [0.15, 0.2) is 0 Å². The first-order valence-corrected chi connectivity index (χ1v) is 5.02. The van der Waals surface area contributed by atoms with Crippen molar-refractivity contribution >= 4 is 5.97 Å². The predicted octanol–water partition coefficient (Wildman–Crippen LogP) is -0.941. The molecule has 0 radical (unpaired) electrons. The third-order valence-corrected chi connectivity index (χ3v) is 1.92. The van der Waals surface area contributed by atoms with Gasteiger partial charge in [0.2, 0.25) is 0 Å². The van der Waals surface area contributed by atoms with Crippen molar-refractivity contribution < 1.29 is 30.3 Å². The lowest BCUT2D eigenvalue weighted by Crippen LogP contribution is -2.37. The number of carboxylic acids is 1. The summed E-state index contributed by atoms with van der Waals surface area (Å²) in [6.45, 7) is 2.14. The van der Waals surface area contributed by atoms with Crippen molar-refractivity contribution in [2.45, 2.75) is 20.3 Å². The molecule has 0 amide bonds. The van der Waals surface area contributed by atoms with Crippen molar-refractivity contribution in [1.29, 1.82) is 0 Å². The molecule has 0 fully saturated rings. The van der Waals surface area contributed by atoms with Gasteiger partial charge in [-0.25, -0.2) is 0 Å². The molecule has 6 nitrogen and oxygen atoms in total. The molecule has 0 saturated heterocycles. The number of aliphatic carboxylic acids is 1. The fourth-order valence-corrected chi connectivity index (χ4v) is 0.649. The number of hydrogen-bond donors (Lipinski definition) is 5. The maximum Gasteiger partial charge on any atom is 0.303 e. The van der Waals surface area contributed by atoms with Crippen LogP contribution in [0.2, 0.25) is 0 Å². The Morgan fingerprint density at radius 3 is 1.31 bits per heavy atom. The number of hydrogen-bond acceptors (Lipinski definition) is 5. The van der Waals surface area contributed by atoms with E-state index in [9.17, 15) is 4.79 Å². The summed E-state index contributed by atoms with van der Waals surface area (Å²) in [7, 11) is 0. The van der Waals surface area contributed by atoms with Crippen molar-refractivity contribution in [2.24, 2.45) is 11.3 Å². The predicted molar refractivity (Wildman–Crippen MR) is 57.9 cm³/mol. The van der Waals surface area contributed by atoms with Crippen LogP contribution < -0.4 is 0 Å². The molecule has 6 heteroatoms. The molecule has 0 aromatic heterocycles. The van der Waals surface area contributed by atoms with Crippen LogP contribution in [0.15, 0.2) is 0 Å². The Balaban J connectivity index is 0. The summed E-state index contributed by atoms with van der Waals surface area (Å²) < 4.78 is 0. The van der Waals surface area contributed by atoms with E-state index in [4.69, 9.17) is 25.5 Å². The lowest BCUT2D eigenvalue weighted by molar-refractivity contribution is -0.137. The van der Waals surface area contributed by atoms with Crippen LogP contribution >= 0.6 is 0 Å². The molecule has 0 atom stereocenters. The van der Waals surface area contributed by atoms with Gasteiger partial charge in [0.05, 0.1) is 31.8 Å². The molecule has 0 spiro atoms. The molecule has 0 aliphatic carbocycles. The summed E-state index contributed by atoms with van der Waals surface area (Å²) >= 11 is 0. The molecule has 0 saturated carbocycles. The zero-order valence-corrected chi connectivity index (χ0v) is 9.76. The quantitative estimate of drug-likeness (QED) is 0.407. The van der Waals surface area contributed by atoms with E-state index in [0.29, 0.717) is 0 Å². The van der Waals surface area contributed by atoms with E-state index >= 15 is 0 Å². The highest BCUT2D eigenvalue weighted by Crippen LogP contribution is 2.11. The summed E-state index contributed by atoms with van der Waals surface area (Å²) in [5.41, 5.74) is -1.11. The summed E-state index contributed by atoms with van der Waals surface area (Å²) in [6.07, 6.45) is 0.278. The summed E-state index contributed by atoms with van der Waals surface area (Å²) in [5, 5.41) is 42.1. The van der Waals surface area contributed by atoms with Crippen molar-refractivity contribution in [3.8, 4) is 0 Å². The first-order chi connectivity index (χ1) is 7.37. The van der Waals surface area contributed by atoms with E-state index in [-0.39, 0.29) is 12.3 Å². The van der Waals surface area contributed by atoms with Crippen molar-refractivity contribution in [3.63, 3.8) is 0 Å². The van der Waals surface area contributed by atoms with Gasteiger partial charge >= 0.3 is 5.97 Å². The maximum atomic E-state index is 9.81. The first-order valence-electron chi connectivity index (χ1n) is 5.02. The average Bonchev–Trinajstić information content (AvgIpc) is 2.21. The van der Waals surface area contributed by atoms with Crippen LogP contribution in [0.4, 0.5) is 0 Å². The minimum atomic E-state index is -1.11. The maximum absolute atomic E-state index is 9.81. The highest BCUT2D eigenvalue weighted by atomic mass is 16.4. The molecular formula is C10H22O6. The summed E-state index contributed by atoms with van der Waals surface area (Å²) in [5.74, 6) is -0.438. The fourth-order valence-electron chi connectivity index (χ4n) is 0.649. The van der Waals surface area contributed by atoms with Gasteiger partial charge in [-0.15, -0.1) is 0 Å². The highest BCUT2D eigenvalue weighted by Gasteiger charge is 2.26. The number of carboxylic acid groups (broad SMARTS) is 1. The topological polar surface area (TPSA) is 118 Å². The summed E-state index contributed by atoms with van der Waals surface area (Å²) in [6, 6.07) is 0. The van der Waals surface area contributed by atoms with Gasteiger partial charge in [-0.05, 0) is 5.92 Å². The van der Waals surface area contributed by atoms with Gasteiger partial charge in [0.25, 0.3) is 0 Å². The number of carbonyl (C=O) groups is 1. The van der Waals surface area contributed by atoms with Gasteiger partial charge in [-0.3, -0.25) is 4.79 Å². The second kappa shape index (κ2) is 9.53. The summed E-state index contributed by atoms with van der Waals surface area (Å²) in [4.78, 5) is 9.81. The standard InChI is InChI=1S/C5H12O4.C5H10O2/c6-1-5(2-7,3-8)4-9;1-4(2)3-5(6)7/h6-9H,1-4H2;4H,3H2,1-2H3,(H,6,7). The largest absolute Gasteiger partial charge is 0.481 e. The van der Waals surface area contributed by atoms with Gasteiger partial charge < -0.3 is 25.5 Å². The fraction of sp³-hybridized carbons (Fsp3) is 0.900. The molecule has 0 aromatic carbocycles. The van der Waals surface area contributed by atoms with Crippen molar-refractivity contribution in [3.05, 3.63) is 0 Å². The molecule has 0 bridgehead atoms. The van der Waals surface area contributed by atoms with Gasteiger partial charge in [-0.2, -0.15) is 0 Å². The zero-order valence-electron chi connectivity index (χ0n) is 9.76. The molecular weight excluding hydrogens is 216 g/mol. The second-order valence-corrected chi connectivity index (χ2v) is 4.12. The van der Waals surface area contributed by atoms with Crippen molar-refractivity contribution in [1.82, 2.24) is 0 Å². The van der Waals surface area contributed by atoms with Crippen LogP contribution in [-0.4, -0.2) is 57.9 Å². The Morgan fingerprint density at radius 2 is 1.31 bits per heavy atom. The lowest BCUT2D eigenvalue weighted by Gasteiger charge is -2.23. The number of rotatable bonds is 6.